The number of amides is 1. The fraction of sp³-hybridized carbons (Fsp3) is 0.167. The number of aromatic amines is 1. The molecule has 0 radical (unpaired) electrons. The molecule has 0 aliphatic rings. The Morgan fingerprint density at radius 2 is 2.15 bits per heavy atom. The molecule has 0 aliphatic carbocycles. The molecule has 0 fully saturated rings. The van der Waals surface area contributed by atoms with Crippen LogP contribution in [0.3, 0.4) is 0 Å². The second-order valence-electron chi connectivity index (χ2n) is 5.73. The Morgan fingerprint density at radius 1 is 1.35 bits per heavy atom. The van der Waals surface area contributed by atoms with Crippen LogP contribution in [0.5, 0.6) is 0 Å². The zero-order valence-corrected chi connectivity index (χ0v) is 14.6. The van der Waals surface area contributed by atoms with Crippen LogP contribution in [0.15, 0.2) is 36.7 Å². The molecule has 0 unspecified atom stereocenters. The van der Waals surface area contributed by atoms with E-state index in [4.69, 9.17) is 11.6 Å². The van der Waals surface area contributed by atoms with Crippen LogP contribution in [0, 0.1) is 12.7 Å². The number of aliphatic hydroxyl groups excluding tert-OH is 1. The van der Waals surface area contributed by atoms with Gasteiger partial charge >= 0.3 is 0 Å². The summed E-state index contributed by atoms with van der Waals surface area (Å²) in [5, 5.41) is 12.1. The average Bonchev–Trinajstić information content (AvgIpc) is 3.12. The molecule has 3 rings (SSSR count). The lowest BCUT2D eigenvalue weighted by Crippen LogP contribution is -2.23. The van der Waals surface area contributed by atoms with Crippen LogP contribution in [0.2, 0.25) is 5.28 Å². The van der Waals surface area contributed by atoms with Gasteiger partial charge in [0.2, 0.25) is 5.28 Å². The van der Waals surface area contributed by atoms with Crippen LogP contribution in [0.25, 0.3) is 11.3 Å². The molecule has 3 aromatic rings. The Kier molecular flexibility index (Phi) is 5.29. The summed E-state index contributed by atoms with van der Waals surface area (Å²) in [6, 6.07) is 5.70. The molecule has 134 valence electrons. The van der Waals surface area contributed by atoms with Crippen molar-refractivity contribution in [3.05, 3.63) is 70.1 Å². The smallest absolute Gasteiger partial charge is 0.267 e. The highest BCUT2D eigenvalue weighted by molar-refractivity contribution is 6.28. The molecule has 0 saturated heterocycles. The quantitative estimate of drug-likeness (QED) is 0.599. The van der Waals surface area contributed by atoms with Gasteiger partial charge in [-0.05, 0) is 53.4 Å². The minimum absolute atomic E-state index is 0.0964. The summed E-state index contributed by atoms with van der Waals surface area (Å²) in [6.07, 6.45) is 3.26. The minimum atomic E-state index is -0.426. The lowest BCUT2D eigenvalue weighted by molar-refractivity contribution is 0.0946. The summed E-state index contributed by atoms with van der Waals surface area (Å²) in [5.74, 6) is -0.785. The number of nitrogens with one attached hydrogen (secondary N) is 2. The number of aromatic nitrogens is 3. The van der Waals surface area contributed by atoms with Crippen LogP contribution in [-0.4, -0.2) is 26.0 Å². The van der Waals surface area contributed by atoms with Crippen molar-refractivity contribution in [3.63, 3.8) is 0 Å². The van der Waals surface area contributed by atoms with Gasteiger partial charge in [0.1, 0.15) is 11.5 Å². The number of aryl methyl sites for hydroxylation is 1. The summed E-state index contributed by atoms with van der Waals surface area (Å²) < 4.78 is 13.4. The molecule has 3 N–H and O–H groups in total. The molecule has 26 heavy (non-hydrogen) atoms. The largest absolute Gasteiger partial charge is 0.392 e. The van der Waals surface area contributed by atoms with Crippen LogP contribution in [0.1, 0.15) is 27.2 Å². The molecule has 0 aliphatic heterocycles. The van der Waals surface area contributed by atoms with Crippen LogP contribution >= 0.6 is 11.6 Å². The third kappa shape index (κ3) is 3.89. The van der Waals surface area contributed by atoms with E-state index in [0.29, 0.717) is 28.1 Å². The normalized spacial score (nSPS) is 10.8. The standard InChI is InChI=1S/C18H16ClFN4O2/c1-10-6-23-18(19)24-16(10)13-5-15(21-8-13)17(26)22-7-12-4-14(20)3-2-11(12)9-25/h2-6,8,21,25H,7,9H2,1H3,(H,22,26). The van der Waals surface area contributed by atoms with Gasteiger partial charge in [-0.2, -0.15) is 0 Å². The Morgan fingerprint density at radius 3 is 2.92 bits per heavy atom. The number of hydrogen-bond donors (Lipinski definition) is 3. The van der Waals surface area contributed by atoms with Gasteiger partial charge < -0.3 is 15.4 Å². The summed E-state index contributed by atoms with van der Waals surface area (Å²) in [4.78, 5) is 23.3. The average molecular weight is 375 g/mol. The lowest BCUT2D eigenvalue weighted by Gasteiger charge is -2.08. The molecule has 2 heterocycles. The molecule has 1 aromatic carbocycles. The Hall–Kier alpha value is -2.77. The zero-order chi connectivity index (χ0) is 18.7. The highest BCUT2D eigenvalue weighted by atomic mass is 35.5. The predicted octanol–water partition coefficient (Wildman–Crippen LogP) is 2.99. The molecule has 6 nitrogen and oxygen atoms in total. The third-order valence-electron chi connectivity index (χ3n) is 3.92. The van der Waals surface area contributed by atoms with Crippen molar-refractivity contribution in [2.24, 2.45) is 0 Å². The van der Waals surface area contributed by atoms with Crippen molar-refractivity contribution in [2.45, 2.75) is 20.1 Å². The van der Waals surface area contributed by atoms with Gasteiger partial charge in [-0.3, -0.25) is 4.79 Å². The maximum absolute atomic E-state index is 13.4. The number of H-pyrrole nitrogens is 1. The molecule has 0 atom stereocenters. The van der Waals surface area contributed by atoms with E-state index in [1.165, 1.54) is 18.2 Å². The topological polar surface area (TPSA) is 90.9 Å². The first kappa shape index (κ1) is 18.0. The van der Waals surface area contributed by atoms with Crippen molar-refractivity contribution < 1.29 is 14.3 Å². The SMILES string of the molecule is Cc1cnc(Cl)nc1-c1c[nH]c(C(=O)NCc2cc(F)ccc2CO)c1. The number of benzene rings is 1. The fourth-order valence-corrected chi connectivity index (χ4v) is 2.69. The van der Waals surface area contributed by atoms with Crippen LogP contribution in [0.4, 0.5) is 4.39 Å². The van der Waals surface area contributed by atoms with Gasteiger partial charge in [-0.15, -0.1) is 0 Å². The third-order valence-corrected chi connectivity index (χ3v) is 4.10. The first-order chi connectivity index (χ1) is 12.5. The highest BCUT2D eigenvalue weighted by Crippen LogP contribution is 2.22. The van der Waals surface area contributed by atoms with Gasteiger partial charge in [0.25, 0.3) is 5.91 Å². The van der Waals surface area contributed by atoms with Crippen LogP contribution in [-0.2, 0) is 13.2 Å². The van der Waals surface area contributed by atoms with Gasteiger partial charge in [-0.1, -0.05) is 6.07 Å². The maximum Gasteiger partial charge on any atom is 0.267 e. The van der Waals surface area contributed by atoms with E-state index in [2.05, 4.69) is 20.3 Å². The number of aliphatic hydroxyl groups is 1. The summed E-state index contributed by atoms with van der Waals surface area (Å²) >= 11 is 5.83. The summed E-state index contributed by atoms with van der Waals surface area (Å²) in [5.41, 5.74) is 3.58. The minimum Gasteiger partial charge on any atom is -0.392 e. The van der Waals surface area contributed by atoms with Crippen molar-refractivity contribution >= 4 is 17.5 Å². The number of carbonyl (C=O) groups is 1. The first-order valence-electron chi connectivity index (χ1n) is 7.82. The van der Waals surface area contributed by atoms with E-state index in [1.807, 2.05) is 6.92 Å². The molecular formula is C18H16ClFN4O2. The zero-order valence-electron chi connectivity index (χ0n) is 13.9. The molecule has 0 saturated carbocycles. The van der Waals surface area contributed by atoms with Crippen LogP contribution < -0.4 is 5.32 Å². The molecule has 0 spiro atoms. The van der Waals surface area contributed by atoms with E-state index >= 15 is 0 Å². The van der Waals surface area contributed by atoms with E-state index < -0.39 is 5.82 Å². The van der Waals surface area contributed by atoms with E-state index in [0.717, 1.165) is 5.56 Å². The van der Waals surface area contributed by atoms with E-state index in [9.17, 15) is 14.3 Å². The van der Waals surface area contributed by atoms with Gasteiger partial charge in [0.05, 0.1) is 12.3 Å². The Balaban J connectivity index is 1.75. The van der Waals surface area contributed by atoms with Gasteiger partial charge in [0, 0.05) is 24.5 Å². The van der Waals surface area contributed by atoms with Crippen molar-refractivity contribution in [1.82, 2.24) is 20.3 Å². The number of halogens is 2. The van der Waals surface area contributed by atoms with Crippen molar-refractivity contribution in [3.8, 4) is 11.3 Å². The molecule has 2 aromatic heterocycles. The van der Waals surface area contributed by atoms with Gasteiger partial charge in [0.15, 0.2) is 0 Å². The molecule has 0 bridgehead atoms. The molecule has 8 heteroatoms. The Bertz CT molecular complexity index is 958. The second kappa shape index (κ2) is 7.63. The second-order valence-corrected chi connectivity index (χ2v) is 6.06. The van der Waals surface area contributed by atoms with E-state index in [1.54, 1.807) is 18.5 Å². The Labute approximate surface area is 154 Å². The fourth-order valence-electron chi connectivity index (χ4n) is 2.56. The monoisotopic (exact) mass is 374 g/mol. The first-order valence-corrected chi connectivity index (χ1v) is 8.20. The number of hydrogen-bond acceptors (Lipinski definition) is 4. The molecule has 1 amide bonds. The molecular weight excluding hydrogens is 359 g/mol. The predicted molar refractivity (Wildman–Crippen MR) is 95.1 cm³/mol. The maximum atomic E-state index is 13.4. The number of rotatable bonds is 5. The lowest BCUT2D eigenvalue weighted by atomic mass is 10.1. The number of carbonyl (C=O) groups excluding carboxylic acids is 1. The van der Waals surface area contributed by atoms with Crippen molar-refractivity contribution in [1.29, 1.82) is 0 Å². The summed E-state index contributed by atoms with van der Waals surface area (Å²) in [6.45, 7) is 1.71. The highest BCUT2D eigenvalue weighted by Gasteiger charge is 2.13. The number of nitrogens with zero attached hydrogens (tertiary/aromatic N) is 2. The van der Waals surface area contributed by atoms with E-state index in [-0.39, 0.29) is 24.3 Å². The summed E-state index contributed by atoms with van der Waals surface area (Å²) in [7, 11) is 0. The van der Waals surface area contributed by atoms with Gasteiger partial charge in [-0.25, -0.2) is 14.4 Å². The van der Waals surface area contributed by atoms with Crippen molar-refractivity contribution in [2.75, 3.05) is 0 Å².